The second kappa shape index (κ2) is 10.0. The topological polar surface area (TPSA) is 38.3 Å². The monoisotopic (exact) mass is 303 g/mol. The van der Waals surface area contributed by atoms with Gasteiger partial charge >= 0.3 is 0 Å². The van der Waals surface area contributed by atoms with Crippen molar-refractivity contribution < 1.29 is 9.53 Å². The molecule has 0 bridgehead atoms. The lowest BCUT2D eigenvalue weighted by Crippen LogP contribution is -2.22. The van der Waals surface area contributed by atoms with E-state index >= 15 is 0 Å². The van der Waals surface area contributed by atoms with Gasteiger partial charge in [0.1, 0.15) is 5.75 Å². The molecule has 0 radical (unpaired) electrons. The molecule has 0 aliphatic rings. The highest BCUT2D eigenvalue weighted by Crippen LogP contribution is 2.18. The van der Waals surface area contributed by atoms with Crippen LogP contribution in [0.1, 0.15) is 50.7 Å². The zero-order valence-electron chi connectivity index (χ0n) is 14.3. The summed E-state index contributed by atoms with van der Waals surface area (Å²) in [5, 5.41) is 2.98. The third-order valence-electron chi connectivity index (χ3n) is 3.49. The third-order valence-corrected chi connectivity index (χ3v) is 3.49. The number of ether oxygens (including phenoxy) is 1. The quantitative estimate of drug-likeness (QED) is 0.542. The van der Waals surface area contributed by atoms with Gasteiger partial charge in [0.2, 0.25) is 5.91 Å². The van der Waals surface area contributed by atoms with Crippen molar-refractivity contribution in [1.29, 1.82) is 0 Å². The number of unbranched alkanes of at least 4 members (excludes halogenated alkanes) is 2. The number of methoxy groups -OCH3 is 1. The molecule has 0 spiro atoms. The van der Waals surface area contributed by atoms with E-state index in [1.165, 1.54) is 0 Å². The first-order valence-corrected chi connectivity index (χ1v) is 8.09. The van der Waals surface area contributed by atoms with Crippen molar-refractivity contribution in [1.82, 2.24) is 5.32 Å². The normalized spacial score (nSPS) is 11.1. The molecule has 0 saturated carbocycles. The average Bonchev–Trinajstić information content (AvgIpc) is 2.48. The minimum absolute atomic E-state index is 0.126. The van der Waals surface area contributed by atoms with Gasteiger partial charge in [-0.15, -0.1) is 0 Å². The Hall–Kier alpha value is -1.77. The first-order chi connectivity index (χ1) is 10.5. The van der Waals surface area contributed by atoms with E-state index in [4.69, 9.17) is 4.74 Å². The largest absolute Gasteiger partial charge is 0.496 e. The Morgan fingerprint density at radius 1 is 1.32 bits per heavy atom. The molecule has 0 heterocycles. The van der Waals surface area contributed by atoms with Gasteiger partial charge in [0.25, 0.3) is 0 Å². The van der Waals surface area contributed by atoms with Crippen LogP contribution in [0.5, 0.6) is 5.75 Å². The Balaban J connectivity index is 2.22. The number of nitrogens with one attached hydrogen (secondary N) is 1. The number of carbonyl (C=O) groups excluding carboxylic acids is 1. The van der Waals surface area contributed by atoms with E-state index in [0.29, 0.717) is 18.9 Å². The molecule has 22 heavy (non-hydrogen) atoms. The lowest BCUT2D eigenvalue weighted by atomic mass is 10.1. The van der Waals surface area contributed by atoms with Gasteiger partial charge in [-0.2, -0.15) is 0 Å². The Morgan fingerprint density at radius 2 is 2.09 bits per heavy atom. The maximum absolute atomic E-state index is 11.8. The first kappa shape index (κ1) is 18.3. The maximum atomic E-state index is 11.8. The summed E-state index contributed by atoms with van der Waals surface area (Å²) in [4.78, 5) is 11.8. The van der Waals surface area contributed by atoms with Gasteiger partial charge in [-0.25, -0.2) is 0 Å². The van der Waals surface area contributed by atoms with Crippen molar-refractivity contribution in [2.45, 2.75) is 53.0 Å². The van der Waals surface area contributed by atoms with Crippen molar-refractivity contribution in [3.8, 4) is 5.75 Å². The third kappa shape index (κ3) is 7.30. The van der Waals surface area contributed by atoms with Crippen molar-refractivity contribution in [3.63, 3.8) is 0 Å². The Kier molecular flexibility index (Phi) is 8.34. The number of allylic oxidation sites excluding steroid dienone is 2. The first-order valence-electron chi connectivity index (χ1n) is 8.09. The van der Waals surface area contributed by atoms with Crippen LogP contribution in [0, 0.1) is 12.8 Å². The van der Waals surface area contributed by atoms with E-state index < -0.39 is 0 Å². The molecule has 0 aliphatic heterocycles. The smallest absolute Gasteiger partial charge is 0.220 e. The van der Waals surface area contributed by atoms with Crippen LogP contribution in [0.3, 0.4) is 0 Å². The summed E-state index contributed by atoms with van der Waals surface area (Å²) in [6, 6.07) is 5.98. The number of benzene rings is 1. The molecule has 0 aromatic heterocycles. The van der Waals surface area contributed by atoms with Gasteiger partial charge in [-0.1, -0.05) is 38.1 Å². The molecular formula is C19H29NO2. The molecule has 1 N–H and O–H groups in total. The van der Waals surface area contributed by atoms with Crippen LogP contribution >= 0.6 is 0 Å². The molecule has 3 heteroatoms. The lowest BCUT2D eigenvalue weighted by Gasteiger charge is -2.08. The van der Waals surface area contributed by atoms with Crippen LogP contribution in [0.4, 0.5) is 0 Å². The van der Waals surface area contributed by atoms with Gasteiger partial charge in [-0.3, -0.25) is 4.79 Å². The lowest BCUT2D eigenvalue weighted by molar-refractivity contribution is -0.121. The molecular weight excluding hydrogens is 274 g/mol. The number of carbonyl (C=O) groups is 1. The standard InChI is InChI=1S/C19H29NO2/c1-15(2)9-7-5-6-8-10-19(21)20-14-17-11-12-18(22-4)16(3)13-17/h7,9,11-13,15H,5-6,8,10,14H2,1-4H3,(H,20,21)/b9-7-. The number of hydrogen-bond acceptors (Lipinski definition) is 2. The van der Waals surface area contributed by atoms with Crippen LogP contribution in [0.15, 0.2) is 30.4 Å². The highest BCUT2D eigenvalue weighted by molar-refractivity contribution is 5.75. The van der Waals surface area contributed by atoms with Crippen molar-refractivity contribution in [2.24, 2.45) is 5.92 Å². The summed E-state index contributed by atoms with van der Waals surface area (Å²) in [6.07, 6.45) is 8.09. The SMILES string of the molecule is COc1ccc(CNC(=O)CCCC/C=C\C(C)C)cc1C. The van der Waals surface area contributed by atoms with Gasteiger partial charge in [-0.05, 0) is 49.3 Å². The van der Waals surface area contributed by atoms with E-state index in [-0.39, 0.29) is 5.91 Å². The molecule has 0 aliphatic carbocycles. The molecule has 1 aromatic carbocycles. The molecule has 122 valence electrons. The number of hydrogen-bond donors (Lipinski definition) is 1. The summed E-state index contributed by atoms with van der Waals surface area (Å²) in [7, 11) is 1.67. The number of rotatable bonds is 9. The fraction of sp³-hybridized carbons (Fsp3) is 0.526. The number of aryl methyl sites for hydroxylation is 1. The Morgan fingerprint density at radius 3 is 2.73 bits per heavy atom. The molecule has 1 amide bonds. The molecule has 0 atom stereocenters. The van der Waals surface area contributed by atoms with E-state index in [2.05, 4.69) is 37.4 Å². The van der Waals surface area contributed by atoms with Crippen LogP contribution in [-0.2, 0) is 11.3 Å². The summed E-state index contributed by atoms with van der Waals surface area (Å²) < 4.78 is 5.23. The molecule has 0 saturated heterocycles. The Labute approximate surface area is 134 Å². The van der Waals surface area contributed by atoms with Gasteiger partial charge in [0.15, 0.2) is 0 Å². The van der Waals surface area contributed by atoms with E-state index in [9.17, 15) is 4.79 Å². The minimum atomic E-state index is 0.126. The van der Waals surface area contributed by atoms with Crippen molar-refractivity contribution >= 4 is 5.91 Å². The highest BCUT2D eigenvalue weighted by atomic mass is 16.5. The summed E-state index contributed by atoms with van der Waals surface area (Å²) in [5.74, 6) is 1.61. The van der Waals surface area contributed by atoms with E-state index in [1.54, 1.807) is 7.11 Å². The van der Waals surface area contributed by atoms with E-state index in [1.807, 2.05) is 19.1 Å². The predicted octanol–water partition coefficient (Wildman–Crippen LogP) is 4.39. The van der Waals surface area contributed by atoms with Gasteiger partial charge in [0, 0.05) is 13.0 Å². The zero-order valence-corrected chi connectivity index (χ0v) is 14.3. The zero-order chi connectivity index (χ0) is 16.4. The fourth-order valence-corrected chi connectivity index (χ4v) is 2.26. The Bertz CT molecular complexity index is 492. The van der Waals surface area contributed by atoms with Crippen LogP contribution in [-0.4, -0.2) is 13.0 Å². The van der Waals surface area contributed by atoms with Crippen LogP contribution in [0.25, 0.3) is 0 Å². The summed E-state index contributed by atoms with van der Waals surface area (Å²) in [5.41, 5.74) is 2.19. The van der Waals surface area contributed by atoms with Crippen LogP contribution in [0.2, 0.25) is 0 Å². The molecule has 1 aromatic rings. The minimum Gasteiger partial charge on any atom is -0.496 e. The van der Waals surface area contributed by atoms with Crippen molar-refractivity contribution in [2.75, 3.05) is 7.11 Å². The molecule has 1 rings (SSSR count). The second-order valence-corrected chi connectivity index (χ2v) is 6.00. The van der Waals surface area contributed by atoms with Crippen molar-refractivity contribution in [3.05, 3.63) is 41.5 Å². The molecule has 0 unspecified atom stereocenters. The van der Waals surface area contributed by atoms with E-state index in [0.717, 1.165) is 36.1 Å². The average molecular weight is 303 g/mol. The molecule has 0 fully saturated rings. The van der Waals surface area contributed by atoms with Gasteiger partial charge < -0.3 is 10.1 Å². The fourth-order valence-electron chi connectivity index (χ4n) is 2.26. The summed E-state index contributed by atoms with van der Waals surface area (Å²) in [6.45, 7) is 6.93. The maximum Gasteiger partial charge on any atom is 0.220 e. The second-order valence-electron chi connectivity index (χ2n) is 6.00. The van der Waals surface area contributed by atoms with Gasteiger partial charge in [0.05, 0.1) is 7.11 Å². The summed E-state index contributed by atoms with van der Waals surface area (Å²) >= 11 is 0. The van der Waals surface area contributed by atoms with Crippen LogP contribution < -0.4 is 10.1 Å². The number of amides is 1. The highest BCUT2D eigenvalue weighted by Gasteiger charge is 2.03. The molecule has 3 nitrogen and oxygen atoms in total. The predicted molar refractivity (Wildman–Crippen MR) is 92.0 cm³/mol.